The summed E-state index contributed by atoms with van der Waals surface area (Å²) in [6.07, 6.45) is 2.78. The molecule has 0 bridgehead atoms. The minimum atomic E-state index is -0.377. The van der Waals surface area contributed by atoms with Crippen LogP contribution in [0.1, 0.15) is 10.4 Å². The number of hydrogen-bond donors (Lipinski definition) is 2. The monoisotopic (exact) mass is 317 g/mol. The molecule has 1 fully saturated rings. The van der Waals surface area contributed by atoms with Crippen molar-refractivity contribution in [1.82, 2.24) is 19.6 Å². The zero-order valence-electron chi connectivity index (χ0n) is 12.7. The zero-order chi connectivity index (χ0) is 16.2. The molecule has 0 spiro atoms. The lowest BCUT2D eigenvalue weighted by molar-refractivity contribution is 0.0383. The average molecular weight is 317 g/mol. The lowest BCUT2D eigenvalue weighted by Crippen LogP contribution is -2.41. The number of morpholine rings is 1. The van der Waals surface area contributed by atoms with Crippen LogP contribution in [0.3, 0.4) is 0 Å². The fourth-order valence-electron chi connectivity index (χ4n) is 2.48. The van der Waals surface area contributed by atoms with E-state index in [0.717, 1.165) is 32.8 Å². The topological polar surface area (TPSA) is 102 Å². The van der Waals surface area contributed by atoms with Crippen molar-refractivity contribution >= 4 is 17.2 Å². The number of nitrogens with zero attached hydrogens (tertiary/aromatic N) is 3. The molecule has 1 aliphatic rings. The van der Waals surface area contributed by atoms with E-state index >= 15 is 0 Å². The molecular weight excluding hydrogens is 298 g/mol. The lowest BCUT2D eigenvalue weighted by atomic mass is 10.2. The number of ether oxygens (including phenoxy) is 1. The summed E-state index contributed by atoms with van der Waals surface area (Å²) in [4.78, 5) is 30.5. The third-order valence-electron chi connectivity index (χ3n) is 3.81. The highest BCUT2D eigenvalue weighted by atomic mass is 16.5. The van der Waals surface area contributed by atoms with Gasteiger partial charge in [0.2, 0.25) is 0 Å². The van der Waals surface area contributed by atoms with Crippen LogP contribution < -0.4 is 16.6 Å². The van der Waals surface area contributed by atoms with Gasteiger partial charge in [-0.15, -0.1) is 0 Å². The summed E-state index contributed by atoms with van der Waals surface area (Å²) < 4.78 is 6.56. The number of hydrogen-bond acceptors (Lipinski definition) is 6. The van der Waals surface area contributed by atoms with E-state index in [-0.39, 0.29) is 17.2 Å². The number of fused-ring (bicyclic) bond motifs is 1. The summed E-state index contributed by atoms with van der Waals surface area (Å²) in [5.74, 6) is -0.227. The van der Waals surface area contributed by atoms with E-state index in [0.29, 0.717) is 17.8 Å². The molecule has 1 amide bonds. The molecule has 0 aromatic carbocycles. The van der Waals surface area contributed by atoms with Gasteiger partial charge in [0.25, 0.3) is 11.5 Å². The Balaban J connectivity index is 1.66. The fraction of sp³-hybridized carbons (Fsp3) is 0.400. The van der Waals surface area contributed by atoms with Crippen LogP contribution in [-0.2, 0) is 4.74 Å². The number of nitrogen functional groups attached to an aromatic ring is 1. The molecule has 3 rings (SSSR count). The predicted molar refractivity (Wildman–Crippen MR) is 85.5 cm³/mol. The van der Waals surface area contributed by atoms with Crippen LogP contribution in [0.2, 0.25) is 0 Å². The molecule has 23 heavy (non-hydrogen) atoms. The first kappa shape index (κ1) is 15.4. The average Bonchev–Trinajstić information content (AvgIpc) is 2.59. The molecule has 3 heterocycles. The zero-order valence-corrected chi connectivity index (χ0v) is 12.7. The number of carbonyl (C=O) groups is 1. The smallest absolute Gasteiger partial charge is 0.281 e. The Labute approximate surface area is 132 Å². The van der Waals surface area contributed by atoms with Crippen molar-refractivity contribution in [2.75, 3.05) is 45.1 Å². The molecule has 1 saturated heterocycles. The third kappa shape index (κ3) is 3.49. The van der Waals surface area contributed by atoms with Crippen LogP contribution in [0.5, 0.6) is 0 Å². The maximum atomic E-state index is 12.2. The van der Waals surface area contributed by atoms with E-state index in [4.69, 9.17) is 10.5 Å². The molecule has 0 aliphatic carbocycles. The first-order chi connectivity index (χ1) is 11.1. The third-order valence-corrected chi connectivity index (χ3v) is 3.81. The first-order valence-electron chi connectivity index (χ1n) is 7.50. The van der Waals surface area contributed by atoms with Gasteiger partial charge >= 0.3 is 0 Å². The van der Waals surface area contributed by atoms with E-state index < -0.39 is 0 Å². The Bertz CT molecular complexity index is 767. The molecule has 1 aliphatic heterocycles. The van der Waals surface area contributed by atoms with Gasteiger partial charge in [0.15, 0.2) is 0 Å². The molecule has 8 nitrogen and oxygen atoms in total. The number of anilines is 1. The van der Waals surface area contributed by atoms with Gasteiger partial charge in [0.05, 0.1) is 25.0 Å². The van der Waals surface area contributed by atoms with Gasteiger partial charge in [-0.05, 0) is 12.1 Å². The summed E-state index contributed by atoms with van der Waals surface area (Å²) in [6, 6.07) is 3.26. The van der Waals surface area contributed by atoms with Gasteiger partial charge < -0.3 is 15.8 Å². The molecule has 0 atom stereocenters. The van der Waals surface area contributed by atoms with Crippen molar-refractivity contribution in [3.8, 4) is 0 Å². The van der Waals surface area contributed by atoms with Gasteiger partial charge in [0, 0.05) is 32.4 Å². The molecule has 2 aromatic rings. The van der Waals surface area contributed by atoms with Crippen LogP contribution in [0.4, 0.5) is 5.69 Å². The molecule has 2 aromatic heterocycles. The van der Waals surface area contributed by atoms with E-state index in [2.05, 4.69) is 15.2 Å². The Morgan fingerprint density at radius 3 is 2.91 bits per heavy atom. The largest absolute Gasteiger partial charge is 0.393 e. The van der Waals surface area contributed by atoms with Gasteiger partial charge in [-0.3, -0.25) is 18.9 Å². The molecule has 3 N–H and O–H groups in total. The Morgan fingerprint density at radius 2 is 2.13 bits per heavy atom. The van der Waals surface area contributed by atoms with Gasteiger partial charge in [-0.1, -0.05) is 0 Å². The number of nitrogens with two attached hydrogens (primary N) is 1. The number of carbonyl (C=O) groups excluding carboxylic acids is 1. The van der Waals surface area contributed by atoms with Gasteiger partial charge in [0.1, 0.15) is 11.3 Å². The summed E-state index contributed by atoms with van der Waals surface area (Å²) in [5.41, 5.74) is 6.08. The minimum Gasteiger partial charge on any atom is -0.393 e. The highest BCUT2D eigenvalue weighted by molar-refractivity contribution is 5.94. The molecule has 0 saturated carbocycles. The second-order valence-corrected chi connectivity index (χ2v) is 5.37. The van der Waals surface area contributed by atoms with Gasteiger partial charge in [-0.2, -0.15) is 0 Å². The van der Waals surface area contributed by atoms with Crippen molar-refractivity contribution < 1.29 is 9.53 Å². The van der Waals surface area contributed by atoms with Crippen LogP contribution in [-0.4, -0.2) is 59.6 Å². The quantitative estimate of drug-likeness (QED) is 0.776. The summed E-state index contributed by atoms with van der Waals surface area (Å²) >= 11 is 0. The summed E-state index contributed by atoms with van der Waals surface area (Å²) in [7, 11) is 0. The lowest BCUT2D eigenvalue weighted by Gasteiger charge is -2.26. The maximum absolute atomic E-state index is 12.2. The van der Waals surface area contributed by atoms with E-state index in [1.807, 2.05) is 0 Å². The summed E-state index contributed by atoms with van der Waals surface area (Å²) in [5, 5.41) is 2.86. The molecule has 8 heteroatoms. The van der Waals surface area contributed by atoms with Crippen molar-refractivity contribution in [3.05, 3.63) is 40.4 Å². The standard InChI is InChI=1S/C15H19N5O3/c16-12-9-18-13-2-1-11(10-20(13)15(12)22)14(21)17-3-4-19-5-7-23-8-6-19/h1-2,9-10H,3-8,16H2,(H,17,21). The second-order valence-electron chi connectivity index (χ2n) is 5.37. The number of nitrogens with one attached hydrogen (secondary N) is 1. The first-order valence-corrected chi connectivity index (χ1v) is 7.50. The normalized spacial score (nSPS) is 15.7. The molecular formula is C15H19N5O3. The van der Waals surface area contributed by atoms with E-state index in [9.17, 15) is 9.59 Å². The van der Waals surface area contributed by atoms with Crippen molar-refractivity contribution in [1.29, 1.82) is 0 Å². The number of amides is 1. The predicted octanol–water partition coefficient (Wildman–Crippen LogP) is -0.661. The van der Waals surface area contributed by atoms with Crippen LogP contribution in [0, 0.1) is 0 Å². The Kier molecular flexibility index (Phi) is 4.54. The van der Waals surface area contributed by atoms with E-state index in [1.54, 1.807) is 12.1 Å². The second kappa shape index (κ2) is 6.76. The number of pyridine rings is 1. The Hall–Kier alpha value is -2.45. The van der Waals surface area contributed by atoms with Crippen LogP contribution in [0.25, 0.3) is 5.65 Å². The van der Waals surface area contributed by atoms with Crippen molar-refractivity contribution in [3.63, 3.8) is 0 Å². The SMILES string of the molecule is Nc1cnc2ccc(C(=O)NCCN3CCOCC3)cn2c1=O. The molecule has 0 radical (unpaired) electrons. The van der Waals surface area contributed by atoms with E-state index in [1.165, 1.54) is 16.8 Å². The number of rotatable bonds is 4. The van der Waals surface area contributed by atoms with Crippen LogP contribution >= 0.6 is 0 Å². The Morgan fingerprint density at radius 1 is 1.35 bits per heavy atom. The number of aromatic nitrogens is 2. The highest BCUT2D eigenvalue weighted by Gasteiger charge is 2.12. The van der Waals surface area contributed by atoms with Crippen molar-refractivity contribution in [2.45, 2.75) is 0 Å². The molecule has 122 valence electrons. The van der Waals surface area contributed by atoms with Crippen LogP contribution in [0.15, 0.2) is 29.3 Å². The maximum Gasteiger partial charge on any atom is 0.281 e. The minimum absolute atomic E-state index is 0.0485. The molecule has 0 unspecified atom stereocenters. The summed E-state index contributed by atoms with van der Waals surface area (Å²) in [6.45, 7) is 4.54. The highest BCUT2D eigenvalue weighted by Crippen LogP contribution is 2.04. The van der Waals surface area contributed by atoms with Crippen molar-refractivity contribution in [2.24, 2.45) is 0 Å². The van der Waals surface area contributed by atoms with Gasteiger partial charge in [-0.25, -0.2) is 4.98 Å². The fourth-order valence-corrected chi connectivity index (χ4v) is 2.48.